The van der Waals surface area contributed by atoms with Gasteiger partial charge in [-0.3, -0.25) is 4.31 Å². The van der Waals surface area contributed by atoms with Gasteiger partial charge in [0.2, 0.25) is 0 Å². The van der Waals surface area contributed by atoms with Crippen molar-refractivity contribution in [3.05, 3.63) is 78.5 Å². The normalized spacial score (nSPS) is 16.1. The van der Waals surface area contributed by atoms with E-state index in [1.807, 2.05) is 37.3 Å². The number of sulfonamides is 1. The van der Waals surface area contributed by atoms with E-state index in [2.05, 4.69) is 28.9 Å². The third-order valence-electron chi connectivity index (χ3n) is 5.09. The Hall–Kier alpha value is -2.86. The molecule has 0 spiro atoms. The fraction of sp³-hybridized carbons (Fsp3) is 0.227. The van der Waals surface area contributed by atoms with Crippen LogP contribution < -0.4 is 9.21 Å². The summed E-state index contributed by atoms with van der Waals surface area (Å²) < 4.78 is 27.7. The van der Waals surface area contributed by atoms with Crippen molar-refractivity contribution < 1.29 is 8.42 Å². The Balaban J connectivity index is 1.67. The topological polar surface area (TPSA) is 53.5 Å². The zero-order valence-electron chi connectivity index (χ0n) is 16.0. The molecule has 2 aromatic carbocycles. The third kappa shape index (κ3) is 3.14. The lowest BCUT2D eigenvalue weighted by molar-refractivity contribution is 0.591. The molecule has 0 saturated carbocycles. The summed E-state index contributed by atoms with van der Waals surface area (Å²) in [6.45, 7) is 4.33. The first-order valence-electron chi connectivity index (χ1n) is 9.43. The Bertz CT molecular complexity index is 1070. The number of hydrogen-bond acceptors (Lipinski definition) is 4. The molecule has 0 N–H and O–H groups in total. The summed E-state index contributed by atoms with van der Waals surface area (Å²) in [5, 5.41) is 0. The van der Waals surface area contributed by atoms with Crippen molar-refractivity contribution in [2.45, 2.75) is 31.2 Å². The summed E-state index contributed by atoms with van der Waals surface area (Å²) in [5.41, 5.74) is 3.07. The molecule has 0 radical (unpaired) electrons. The van der Waals surface area contributed by atoms with E-state index < -0.39 is 10.0 Å². The highest BCUT2D eigenvalue weighted by molar-refractivity contribution is 7.92. The minimum atomic E-state index is -3.67. The number of fused-ring (bicyclic) bond motifs is 1. The van der Waals surface area contributed by atoms with E-state index in [0.29, 0.717) is 12.2 Å². The van der Waals surface area contributed by atoms with Gasteiger partial charge in [0, 0.05) is 24.5 Å². The fourth-order valence-electron chi connectivity index (χ4n) is 3.80. The van der Waals surface area contributed by atoms with Crippen molar-refractivity contribution in [2.75, 3.05) is 15.7 Å². The van der Waals surface area contributed by atoms with Crippen LogP contribution in [-0.4, -0.2) is 26.0 Å². The maximum Gasteiger partial charge on any atom is 0.265 e. The van der Waals surface area contributed by atoms with Gasteiger partial charge in [0.15, 0.2) is 0 Å². The average molecular weight is 394 g/mol. The molecule has 1 atom stereocenters. The molecule has 28 heavy (non-hydrogen) atoms. The van der Waals surface area contributed by atoms with Crippen molar-refractivity contribution in [3.8, 4) is 0 Å². The molecule has 0 bridgehead atoms. The summed E-state index contributed by atoms with van der Waals surface area (Å²) in [6.07, 6.45) is 2.42. The number of aromatic nitrogens is 1. The van der Waals surface area contributed by atoms with Gasteiger partial charge in [0.05, 0.1) is 5.69 Å². The first-order valence-corrected chi connectivity index (χ1v) is 10.9. The van der Waals surface area contributed by atoms with E-state index in [-0.39, 0.29) is 10.9 Å². The smallest absolute Gasteiger partial charge is 0.265 e. The molecule has 0 aliphatic carbocycles. The van der Waals surface area contributed by atoms with Crippen LogP contribution in [0.3, 0.4) is 0 Å². The molecule has 0 saturated heterocycles. The van der Waals surface area contributed by atoms with Crippen molar-refractivity contribution in [2.24, 2.45) is 0 Å². The molecule has 0 amide bonds. The highest BCUT2D eigenvalue weighted by Crippen LogP contribution is 2.37. The van der Waals surface area contributed by atoms with Gasteiger partial charge < -0.3 is 4.90 Å². The van der Waals surface area contributed by atoms with Crippen LogP contribution in [0.2, 0.25) is 0 Å². The van der Waals surface area contributed by atoms with Crippen LogP contribution in [-0.2, 0) is 16.4 Å². The fourth-order valence-corrected chi connectivity index (χ4v) is 5.21. The Morgan fingerprint density at radius 1 is 1.04 bits per heavy atom. The molecule has 2 heterocycles. The highest BCUT2D eigenvalue weighted by atomic mass is 32.2. The van der Waals surface area contributed by atoms with E-state index >= 15 is 0 Å². The van der Waals surface area contributed by atoms with Gasteiger partial charge in [-0.05, 0) is 56.2 Å². The molecule has 3 aromatic rings. The van der Waals surface area contributed by atoms with E-state index in [0.717, 1.165) is 17.9 Å². The molecule has 1 aromatic heterocycles. The molecule has 1 unspecified atom stereocenters. The number of rotatable bonds is 5. The predicted molar refractivity (Wildman–Crippen MR) is 113 cm³/mol. The first kappa shape index (κ1) is 18.5. The van der Waals surface area contributed by atoms with Crippen molar-refractivity contribution in [1.29, 1.82) is 0 Å². The lowest BCUT2D eigenvalue weighted by atomic mass is 10.1. The van der Waals surface area contributed by atoms with E-state index in [1.54, 1.807) is 24.3 Å². The molecular formula is C22H23N3O2S. The zero-order chi connectivity index (χ0) is 19.7. The number of benzene rings is 2. The second kappa shape index (κ2) is 7.28. The number of anilines is 3. The quantitative estimate of drug-likeness (QED) is 0.646. The first-order chi connectivity index (χ1) is 13.5. The maximum absolute atomic E-state index is 13.1. The minimum Gasteiger partial charge on any atom is -0.323 e. The van der Waals surface area contributed by atoms with E-state index in [1.165, 1.54) is 16.1 Å². The van der Waals surface area contributed by atoms with Crippen LogP contribution in [0, 0.1) is 0 Å². The molecule has 0 fully saturated rings. The van der Waals surface area contributed by atoms with Gasteiger partial charge in [-0.2, -0.15) is 0 Å². The van der Waals surface area contributed by atoms with E-state index in [4.69, 9.17) is 0 Å². The van der Waals surface area contributed by atoms with Crippen LogP contribution in [0.5, 0.6) is 0 Å². The minimum absolute atomic E-state index is 0.196. The predicted octanol–water partition coefficient (Wildman–Crippen LogP) is 4.38. The van der Waals surface area contributed by atoms with Gasteiger partial charge in [0.25, 0.3) is 10.0 Å². The number of hydrogen-bond donors (Lipinski definition) is 0. The van der Waals surface area contributed by atoms with Gasteiger partial charge in [-0.25, -0.2) is 13.4 Å². The van der Waals surface area contributed by atoms with Crippen molar-refractivity contribution in [1.82, 2.24) is 4.98 Å². The Morgan fingerprint density at radius 3 is 2.43 bits per heavy atom. The lowest BCUT2D eigenvalue weighted by Crippen LogP contribution is -2.31. The number of pyridine rings is 1. The maximum atomic E-state index is 13.1. The van der Waals surface area contributed by atoms with Gasteiger partial charge >= 0.3 is 0 Å². The summed E-state index contributed by atoms with van der Waals surface area (Å²) in [5.74, 6) is 0.763. The monoisotopic (exact) mass is 393 g/mol. The molecule has 144 valence electrons. The van der Waals surface area contributed by atoms with Crippen molar-refractivity contribution in [3.63, 3.8) is 0 Å². The summed E-state index contributed by atoms with van der Waals surface area (Å²) in [4.78, 5) is 6.87. The lowest BCUT2D eigenvalue weighted by Gasteiger charge is -2.25. The Kier molecular flexibility index (Phi) is 4.81. The second-order valence-electron chi connectivity index (χ2n) is 6.91. The standard InChI is InChI=1S/C22H23N3O2S/c1-3-24(19-10-5-4-6-11-19)28(26,27)20-13-14-22(23-16-20)25-17(2)15-18-9-7-8-12-21(18)25/h4-14,16-17H,3,15H2,1-2H3. The average Bonchev–Trinajstić information content (AvgIpc) is 3.05. The molecule has 6 heteroatoms. The molecule has 5 nitrogen and oxygen atoms in total. The summed E-state index contributed by atoms with van der Waals surface area (Å²) in [6, 6.07) is 21.1. The third-order valence-corrected chi connectivity index (χ3v) is 6.98. The van der Waals surface area contributed by atoms with Gasteiger partial charge in [-0.1, -0.05) is 36.4 Å². The zero-order valence-corrected chi connectivity index (χ0v) is 16.8. The van der Waals surface area contributed by atoms with Gasteiger partial charge in [0.1, 0.15) is 10.7 Å². The summed E-state index contributed by atoms with van der Waals surface area (Å²) >= 11 is 0. The van der Waals surface area contributed by atoms with Crippen LogP contribution in [0.1, 0.15) is 19.4 Å². The van der Waals surface area contributed by atoms with E-state index in [9.17, 15) is 8.42 Å². The summed E-state index contributed by atoms with van der Waals surface area (Å²) in [7, 11) is -3.67. The largest absolute Gasteiger partial charge is 0.323 e. The molecule has 1 aliphatic heterocycles. The Labute approximate surface area is 166 Å². The van der Waals surface area contributed by atoms with Crippen LogP contribution in [0.4, 0.5) is 17.2 Å². The molecule has 1 aliphatic rings. The number of nitrogens with zero attached hydrogens (tertiary/aromatic N) is 3. The van der Waals surface area contributed by atoms with Crippen LogP contribution in [0.15, 0.2) is 77.8 Å². The van der Waals surface area contributed by atoms with Crippen LogP contribution in [0.25, 0.3) is 0 Å². The highest BCUT2D eigenvalue weighted by Gasteiger charge is 2.29. The SMILES string of the molecule is CCN(c1ccccc1)S(=O)(=O)c1ccc(N2c3ccccc3CC2C)nc1. The molecular weight excluding hydrogens is 370 g/mol. The second-order valence-corrected chi connectivity index (χ2v) is 8.77. The van der Waals surface area contributed by atoms with Crippen LogP contribution >= 0.6 is 0 Å². The van der Waals surface area contributed by atoms with Gasteiger partial charge in [-0.15, -0.1) is 0 Å². The van der Waals surface area contributed by atoms with Crippen molar-refractivity contribution >= 4 is 27.2 Å². The Morgan fingerprint density at radius 2 is 1.75 bits per heavy atom. The molecule has 4 rings (SSSR count). The number of para-hydroxylation sites is 2.